The van der Waals surface area contributed by atoms with Gasteiger partial charge in [0, 0.05) is 0 Å². The van der Waals surface area contributed by atoms with Crippen molar-refractivity contribution in [1.82, 2.24) is 5.32 Å². The van der Waals surface area contributed by atoms with Crippen LogP contribution in [0, 0.1) is 0 Å². The van der Waals surface area contributed by atoms with Gasteiger partial charge in [0.2, 0.25) is 0 Å². The molecule has 0 radical (unpaired) electrons. The van der Waals surface area contributed by atoms with E-state index >= 15 is 0 Å². The minimum atomic E-state index is 1.07. The van der Waals surface area contributed by atoms with Gasteiger partial charge in [0.1, 0.15) is 0 Å². The molecule has 0 aromatic carbocycles. The Labute approximate surface area is 66.5 Å². The summed E-state index contributed by atoms with van der Waals surface area (Å²) in [4.78, 5) is 0. The molecule has 10 heavy (non-hydrogen) atoms. The second-order valence-electron chi connectivity index (χ2n) is 1.40. The van der Waals surface area contributed by atoms with Crippen LogP contribution < -0.4 is 5.32 Å². The van der Waals surface area contributed by atoms with Gasteiger partial charge in [0.05, 0.1) is 0 Å². The Morgan fingerprint density at radius 1 is 1.30 bits per heavy atom. The first-order valence-corrected chi connectivity index (χ1v) is 4.08. The molecular formula is C9H23N. The van der Waals surface area contributed by atoms with E-state index in [9.17, 15) is 0 Å². The molecule has 0 amide bonds. The van der Waals surface area contributed by atoms with Gasteiger partial charge in [-0.15, -0.1) is 6.58 Å². The van der Waals surface area contributed by atoms with Gasteiger partial charge in [-0.05, 0) is 20.0 Å². The van der Waals surface area contributed by atoms with Crippen molar-refractivity contribution in [1.29, 1.82) is 0 Å². The molecule has 0 saturated carbocycles. The summed E-state index contributed by atoms with van der Waals surface area (Å²) < 4.78 is 0. The largest absolute Gasteiger partial charge is 0.320 e. The van der Waals surface area contributed by atoms with Crippen LogP contribution in [0.3, 0.4) is 0 Å². The van der Waals surface area contributed by atoms with Crippen molar-refractivity contribution >= 4 is 0 Å². The van der Waals surface area contributed by atoms with Crippen LogP contribution in [0.15, 0.2) is 12.7 Å². The molecule has 1 nitrogen and oxygen atoms in total. The van der Waals surface area contributed by atoms with Crippen LogP contribution in [-0.2, 0) is 0 Å². The molecule has 0 heterocycles. The molecule has 0 rings (SSSR count). The Morgan fingerprint density at radius 2 is 1.50 bits per heavy atom. The highest BCUT2D eigenvalue weighted by molar-refractivity contribution is 4.60. The fourth-order valence-electron chi connectivity index (χ4n) is 0. The number of hydrogen-bond acceptors (Lipinski definition) is 1. The molecule has 0 saturated heterocycles. The monoisotopic (exact) mass is 145 g/mol. The number of nitrogens with one attached hydrogen (secondary N) is 1. The Morgan fingerprint density at radius 3 is 1.50 bits per heavy atom. The van der Waals surface area contributed by atoms with Crippen LogP contribution in [0.2, 0.25) is 0 Å². The van der Waals surface area contributed by atoms with Gasteiger partial charge in [-0.3, -0.25) is 0 Å². The van der Waals surface area contributed by atoms with Crippen molar-refractivity contribution < 1.29 is 0 Å². The maximum atomic E-state index is 3.48. The lowest BCUT2D eigenvalue weighted by Crippen LogP contribution is -2.01. The first-order valence-electron chi connectivity index (χ1n) is 4.08. The summed E-state index contributed by atoms with van der Waals surface area (Å²) in [6, 6.07) is 0. The summed E-state index contributed by atoms with van der Waals surface area (Å²) in [6.07, 6.45) is 2.96. The van der Waals surface area contributed by atoms with Gasteiger partial charge in [-0.25, -0.2) is 0 Å². The van der Waals surface area contributed by atoms with Gasteiger partial charge in [-0.2, -0.15) is 0 Å². The molecule has 0 aliphatic carbocycles. The SMILES string of the molecule is C=CCC.CC.CCNC. The molecule has 64 valence electrons. The Kier molecular flexibility index (Phi) is 61.6. The third-order valence-electron chi connectivity index (χ3n) is 0.642. The molecule has 0 aliphatic heterocycles. The van der Waals surface area contributed by atoms with Crippen molar-refractivity contribution in [3.8, 4) is 0 Å². The van der Waals surface area contributed by atoms with Gasteiger partial charge in [0.25, 0.3) is 0 Å². The van der Waals surface area contributed by atoms with Crippen LogP contribution in [0.1, 0.15) is 34.1 Å². The highest BCUT2D eigenvalue weighted by Gasteiger charge is 1.50. The summed E-state index contributed by atoms with van der Waals surface area (Å²) >= 11 is 0. The van der Waals surface area contributed by atoms with Crippen LogP contribution in [-0.4, -0.2) is 13.6 Å². The second-order valence-corrected chi connectivity index (χ2v) is 1.40. The summed E-state index contributed by atoms with van der Waals surface area (Å²) in [5, 5.41) is 2.93. The Hall–Kier alpha value is -0.300. The zero-order chi connectivity index (χ0) is 8.83. The maximum absolute atomic E-state index is 3.48. The number of rotatable bonds is 2. The number of hydrogen-bond donors (Lipinski definition) is 1. The van der Waals surface area contributed by atoms with Crippen molar-refractivity contribution in [2.45, 2.75) is 34.1 Å². The smallest absolute Gasteiger partial charge is 0.00804 e. The van der Waals surface area contributed by atoms with Gasteiger partial charge >= 0.3 is 0 Å². The lowest BCUT2D eigenvalue weighted by atomic mass is 10.5. The molecule has 0 atom stereocenters. The standard InChI is InChI=1S/C4H8.C3H9N.C2H6/c2*1-3-4-2;1-2/h3H,1,4H2,2H3;4H,3H2,1-2H3;1-2H3. The first-order chi connectivity index (χ1) is 4.83. The summed E-state index contributed by atoms with van der Waals surface area (Å²) in [7, 11) is 1.93. The second kappa shape index (κ2) is 37.7. The molecule has 1 N–H and O–H groups in total. The van der Waals surface area contributed by atoms with Crippen LogP contribution in [0.4, 0.5) is 0 Å². The molecule has 0 aromatic rings. The molecule has 1 heteroatoms. The van der Waals surface area contributed by atoms with E-state index in [0.717, 1.165) is 13.0 Å². The average molecular weight is 145 g/mol. The summed E-state index contributed by atoms with van der Waals surface area (Å²) in [5.41, 5.74) is 0. The van der Waals surface area contributed by atoms with Crippen molar-refractivity contribution in [3.63, 3.8) is 0 Å². The fourth-order valence-corrected chi connectivity index (χ4v) is 0. The summed E-state index contributed by atoms with van der Waals surface area (Å²) in [5.74, 6) is 0. The minimum Gasteiger partial charge on any atom is -0.320 e. The average Bonchev–Trinajstić information content (AvgIpc) is 2.08. The highest BCUT2D eigenvalue weighted by atomic mass is 14.8. The van der Waals surface area contributed by atoms with Crippen molar-refractivity contribution in [2.75, 3.05) is 13.6 Å². The predicted molar refractivity (Wildman–Crippen MR) is 51.4 cm³/mol. The summed E-state index contributed by atoms with van der Waals surface area (Å²) in [6.45, 7) is 12.7. The van der Waals surface area contributed by atoms with Gasteiger partial charge in [-0.1, -0.05) is 33.8 Å². The molecule has 0 unspecified atom stereocenters. The Bertz CT molecular complexity index is 31.7. The quantitative estimate of drug-likeness (QED) is 0.589. The molecule has 0 fully saturated rings. The third-order valence-corrected chi connectivity index (χ3v) is 0.642. The van der Waals surface area contributed by atoms with Gasteiger partial charge in [0.15, 0.2) is 0 Å². The van der Waals surface area contributed by atoms with Crippen molar-refractivity contribution in [3.05, 3.63) is 12.7 Å². The topological polar surface area (TPSA) is 12.0 Å². The normalized spacial score (nSPS) is 6.10. The van der Waals surface area contributed by atoms with E-state index in [1.807, 2.05) is 27.0 Å². The van der Waals surface area contributed by atoms with Crippen LogP contribution in [0.5, 0.6) is 0 Å². The first kappa shape index (κ1) is 16.4. The van der Waals surface area contributed by atoms with E-state index in [0.29, 0.717) is 0 Å². The van der Waals surface area contributed by atoms with Crippen molar-refractivity contribution in [2.24, 2.45) is 0 Å². The van der Waals surface area contributed by atoms with E-state index < -0.39 is 0 Å². The zero-order valence-electron chi connectivity index (χ0n) is 8.20. The molecule has 0 aliphatic rings. The lowest BCUT2D eigenvalue weighted by Gasteiger charge is -1.76. The Balaban J connectivity index is -0.0000000787. The minimum absolute atomic E-state index is 1.07. The predicted octanol–water partition coefficient (Wildman–Crippen LogP) is 2.83. The van der Waals surface area contributed by atoms with E-state index in [4.69, 9.17) is 0 Å². The van der Waals surface area contributed by atoms with E-state index in [1.165, 1.54) is 0 Å². The van der Waals surface area contributed by atoms with Crippen LogP contribution >= 0.6 is 0 Å². The van der Waals surface area contributed by atoms with Gasteiger partial charge < -0.3 is 5.32 Å². The highest BCUT2D eigenvalue weighted by Crippen LogP contribution is 1.66. The van der Waals surface area contributed by atoms with Crippen LogP contribution in [0.25, 0.3) is 0 Å². The molecule has 0 spiro atoms. The molecule has 0 bridgehead atoms. The molecular weight excluding hydrogens is 122 g/mol. The zero-order valence-corrected chi connectivity index (χ0v) is 8.20. The number of allylic oxidation sites excluding steroid dienone is 1. The fraction of sp³-hybridized carbons (Fsp3) is 0.778. The maximum Gasteiger partial charge on any atom is -0.00804 e. The van der Waals surface area contributed by atoms with E-state index in [1.54, 1.807) is 0 Å². The van der Waals surface area contributed by atoms with E-state index in [2.05, 4.69) is 25.7 Å². The lowest BCUT2D eigenvalue weighted by molar-refractivity contribution is 0.864. The van der Waals surface area contributed by atoms with E-state index in [-0.39, 0.29) is 0 Å². The molecule has 0 aromatic heterocycles. The third kappa shape index (κ3) is 120.